The third-order valence-corrected chi connectivity index (χ3v) is 3.44. The van der Waals surface area contributed by atoms with Crippen LogP contribution in [0.1, 0.15) is 32.1 Å². The minimum Gasteiger partial charge on any atom is -0.352 e. The number of carbonyl (C=O) groups is 1. The van der Waals surface area contributed by atoms with Gasteiger partial charge in [0.1, 0.15) is 0 Å². The summed E-state index contributed by atoms with van der Waals surface area (Å²) in [5.74, 6) is 0.920. The monoisotopic (exact) mass is 366 g/mol. The van der Waals surface area contributed by atoms with Gasteiger partial charge in [0, 0.05) is 19.6 Å². The SMILES string of the molecule is CN1CCN=C1NCC(=O)NC1CCCCC1.I. The third kappa shape index (κ3) is 4.62. The van der Waals surface area contributed by atoms with E-state index in [1.807, 2.05) is 11.9 Å². The van der Waals surface area contributed by atoms with E-state index in [0.29, 0.717) is 12.6 Å². The largest absolute Gasteiger partial charge is 0.352 e. The van der Waals surface area contributed by atoms with Crippen molar-refractivity contribution in [2.75, 3.05) is 26.7 Å². The van der Waals surface area contributed by atoms with E-state index in [1.54, 1.807) is 0 Å². The molecule has 104 valence electrons. The molecule has 0 saturated heterocycles. The molecule has 1 fully saturated rings. The molecule has 0 unspecified atom stereocenters. The fraction of sp³-hybridized carbons (Fsp3) is 0.833. The molecule has 0 atom stereocenters. The van der Waals surface area contributed by atoms with Crippen molar-refractivity contribution in [3.05, 3.63) is 0 Å². The molecule has 1 aliphatic carbocycles. The molecule has 0 aromatic rings. The molecule has 5 nitrogen and oxygen atoms in total. The molecule has 2 aliphatic rings. The van der Waals surface area contributed by atoms with Crippen LogP contribution in [0.3, 0.4) is 0 Å². The van der Waals surface area contributed by atoms with Gasteiger partial charge in [-0.3, -0.25) is 9.79 Å². The Bertz CT molecular complexity index is 302. The second kappa shape index (κ2) is 7.81. The molecule has 1 aliphatic heterocycles. The van der Waals surface area contributed by atoms with Crippen molar-refractivity contribution >= 4 is 35.8 Å². The fourth-order valence-electron chi connectivity index (χ4n) is 2.41. The van der Waals surface area contributed by atoms with E-state index in [0.717, 1.165) is 31.9 Å². The number of nitrogens with zero attached hydrogens (tertiary/aromatic N) is 2. The summed E-state index contributed by atoms with van der Waals surface area (Å²) in [5.41, 5.74) is 0. The van der Waals surface area contributed by atoms with E-state index in [9.17, 15) is 4.79 Å². The molecule has 0 aromatic carbocycles. The molecular weight excluding hydrogens is 343 g/mol. The Morgan fingerprint density at radius 2 is 2.11 bits per heavy atom. The average Bonchev–Trinajstić information content (AvgIpc) is 2.74. The summed E-state index contributed by atoms with van der Waals surface area (Å²) in [4.78, 5) is 18.1. The number of halogens is 1. The minimum atomic E-state index is 0. The van der Waals surface area contributed by atoms with Crippen molar-refractivity contribution in [3.63, 3.8) is 0 Å². The summed E-state index contributed by atoms with van der Waals surface area (Å²) < 4.78 is 0. The number of amides is 1. The molecule has 6 heteroatoms. The first-order valence-corrected chi connectivity index (χ1v) is 6.54. The van der Waals surface area contributed by atoms with Crippen molar-refractivity contribution in [1.29, 1.82) is 0 Å². The Balaban J connectivity index is 0.00000162. The number of rotatable bonds is 3. The molecule has 0 aromatic heterocycles. The number of carbonyl (C=O) groups excluding carboxylic acids is 1. The first-order valence-electron chi connectivity index (χ1n) is 6.54. The van der Waals surface area contributed by atoms with Gasteiger partial charge in [0.15, 0.2) is 5.96 Å². The van der Waals surface area contributed by atoms with Crippen molar-refractivity contribution in [2.45, 2.75) is 38.1 Å². The maximum absolute atomic E-state index is 11.7. The van der Waals surface area contributed by atoms with Crippen LogP contribution in [0.2, 0.25) is 0 Å². The molecule has 0 spiro atoms. The lowest BCUT2D eigenvalue weighted by atomic mass is 9.95. The van der Waals surface area contributed by atoms with Gasteiger partial charge in [-0.25, -0.2) is 0 Å². The summed E-state index contributed by atoms with van der Waals surface area (Å²) >= 11 is 0. The van der Waals surface area contributed by atoms with Gasteiger partial charge in [0.05, 0.1) is 13.1 Å². The second-order valence-electron chi connectivity index (χ2n) is 4.88. The molecule has 1 saturated carbocycles. The highest BCUT2D eigenvalue weighted by atomic mass is 127. The minimum absolute atomic E-state index is 0. The van der Waals surface area contributed by atoms with Crippen LogP contribution in [-0.2, 0) is 4.79 Å². The number of likely N-dealkylation sites (N-methyl/N-ethyl adjacent to an activating group) is 1. The maximum Gasteiger partial charge on any atom is 0.239 e. The first-order chi connectivity index (χ1) is 8.25. The number of hydrogen-bond acceptors (Lipinski definition) is 4. The van der Waals surface area contributed by atoms with E-state index >= 15 is 0 Å². The molecule has 1 amide bonds. The molecule has 1 heterocycles. The van der Waals surface area contributed by atoms with E-state index in [1.165, 1.54) is 19.3 Å². The van der Waals surface area contributed by atoms with Crippen molar-refractivity contribution in [2.24, 2.45) is 4.99 Å². The maximum atomic E-state index is 11.7. The van der Waals surface area contributed by atoms with Gasteiger partial charge in [-0.2, -0.15) is 0 Å². The van der Waals surface area contributed by atoms with Crippen molar-refractivity contribution in [3.8, 4) is 0 Å². The smallest absolute Gasteiger partial charge is 0.239 e. The van der Waals surface area contributed by atoms with Crippen LogP contribution in [0.25, 0.3) is 0 Å². The molecule has 18 heavy (non-hydrogen) atoms. The number of hydrogen-bond donors (Lipinski definition) is 2. The van der Waals surface area contributed by atoms with E-state index < -0.39 is 0 Å². The van der Waals surface area contributed by atoms with Gasteiger partial charge in [-0.1, -0.05) is 19.3 Å². The zero-order valence-electron chi connectivity index (χ0n) is 10.9. The number of nitrogens with one attached hydrogen (secondary N) is 2. The van der Waals surface area contributed by atoms with Gasteiger partial charge in [-0.05, 0) is 12.8 Å². The summed E-state index contributed by atoms with van der Waals surface area (Å²) in [6.45, 7) is 2.09. The van der Waals surface area contributed by atoms with Crippen LogP contribution in [0.5, 0.6) is 0 Å². The standard InChI is InChI=1S/C12H22N4O.HI/c1-16-8-7-13-12(16)14-9-11(17)15-10-5-3-2-4-6-10;/h10H,2-9H2,1H3,(H,13,14)(H,15,17);1H. The van der Waals surface area contributed by atoms with Crippen LogP contribution < -0.4 is 10.6 Å². The van der Waals surface area contributed by atoms with Gasteiger partial charge in [0.25, 0.3) is 0 Å². The molecule has 0 bridgehead atoms. The highest BCUT2D eigenvalue weighted by Gasteiger charge is 2.17. The second-order valence-corrected chi connectivity index (χ2v) is 4.88. The van der Waals surface area contributed by atoms with E-state index in [2.05, 4.69) is 15.6 Å². The van der Waals surface area contributed by atoms with Crippen LogP contribution >= 0.6 is 24.0 Å². The Morgan fingerprint density at radius 3 is 2.72 bits per heavy atom. The lowest BCUT2D eigenvalue weighted by molar-refractivity contribution is -0.120. The Kier molecular flexibility index (Phi) is 6.73. The van der Waals surface area contributed by atoms with E-state index in [4.69, 9.17) is 0 Å². The Morgan fingerprint density at radius 1 is 1.39 bits per heavy atom. The predicted molar refractivity (Wildman–Crippen MR) is 83.4 cm³/mol. The van der Waals surface area contributed by atoms with Gasteiger partial charge in [-0.15, -0.1) is 24.0 Å². The third-order valence-electron chi connectivity index (χ3n) is 3.44. The number of aliphatic imine (C=N–C) groups is 1. The average molecular weight is 366 g/mol. The summed E-state index contributed by atoms with van der Waals surface area (Å²) in [7, 11) is 1.98. The topological polar surface area (TPSA) is 56.7 Å². The van der Waals surface area contributed by atoms with Gasteiger partial charge >= 0.3 is 0 Å². The summed E-state index contributed by atoms with van der Waals surface area (Å²) in [6, 6.07) is 0.390. The van der Waals surface area contributed by atoms with Gasteiger partial charge < -0.3 is 15.5 Å². The van der Waals surface area contributed by atoms with E-state index in [-0.39, 0.29) is 29.9 Å². The quantitative estimate of drug-likeness (QED) is 0.732. The Hall–Kier alpha value is -0.530. The molecule has 2 rings (SSSR count). The normalized spacial score (nSPS) is 20.1. The van der Waals surface area contributed by atoms with Crippen LogP contribution in [-0.4, -0.2) is 49.5 Å². The predicted octanol–water partition coefficient (Wildman–Crippen LogP) is 0.944. The van der Waals surface area contributed by atoms with Crippen molar-refractivity contribution < 1.29 is 4.79 Å². The zero-order chi connectivity index (χ0) is 12.1. The Labute approximate surface area is 126 Å². The van der Waals surface area contributed by atoms with Crippen LogP contribution in [0, 0.1) is 0 Å². The van der Waals surface area contributed by atoms with Crippen LogP contribution in [0.4, 0.5) is 0 Å². The van der Waals surface area contributed by atoms with Crippen molar-refractivity contribution in [1.82, 2.24) is 15.5 Å². The first kappa shape index (κ1) is 15.5. The summed E-state index contributed by atoms with van der Waals surface area (Å²) in [5, 5.41) is 6.17. The molecule has 2 N–H and O–H groups in total. The molecule has 0 radical (unpaired) electrons. The van der Waals surface area contributed by atoms with Crippen LogP contribution in [0.15, 0.2) is 4.99 Å². The van der Waals surface area contributed by atoms with Gasteiger partial charge in [0.2, 0.25) is 5.91 Å². The zero-order valence-corrected chi connectivity index (χ0v) is 13.3. The molecular formula is C12H23IN4O. The fourth-order valence-corrected chi connectivity index (χ4v) is 2.41. The lowest BCUT2D eigenvalue weighted by Crippen LogP contribution is -2.45. The number of guanidine groups is 1. The highest BCUT2D eigenvalue weighted by Crippen LogP contribution is 2.17. The lowest BCUT2D eigenvalue weighted by Gasteiger charge is -2.23. The highest BCUT2D eigenvalue weighted by molar-refractivity contribution is 14.0. The summed E-state index contributed by atoms with van der Waals surface area (Å²) in [6.07, 6.45) is 6.06.